The van der Waals surface area contributed by atoms with E-state index in [0.29, 0.717) is 0 Å². The summed E-state index contributed by atoms with van der Waals surface area (Å²) in [6.07, 6.45) is -1.68. The molecular formula is C11H14N2O7S. The van der Waals surface area contributed by atoms with Gasteiger partial charge in [-0.15, -0.1) is 0 Å². The van der Waals surface area contributed by atoms with Crippen molar-refractivity contribution in [3.63, 3.8) is 0 Å². The molecule has 1 atom stereocenters. The molecule has 0 aliphatic heterocycles. The molecule has 10 heteroatoms. The molecule has 1 unspecified atom stereocenters. The van der Waals surface area contributed by atoms with Crippen molar-refractivity contribution in [1.82, 2.24) is 4.72 Å². The van der Waals surface area contributed by atoms with Crippen molar-refractivity contribution in [2.24, 2.45) is 5.73 Å². The number of hydrogen-bond acceptors (Lipinski definition) is 6. The van der Waals surface area contributed by atoms with E-state index in [2.05, 4.69) is 0 Å². The third-order valence-corrected chi connectivity index (χ3v) is 3.96. The Morgan fingerprint density at radius 2 is 2.05 bits per heavy atom. The molecule has 0 spiro atoms. The van der Waals surface area contributed by atoms with Gasteiger partial charge in [-0.1, -0.05) is 0 Å². The molecule has 116 valence electrons. The van der Waals surface area contributed by atoms with E-state index in [1.165, 1.54) is 7.11 Å². The van der Waals surface area contributed by atoms with E-state index in [1.54, 1.807) is 0 Å². The summed E-state index contributed by atoms with van der Waals surface area (Å²) in [4.78, 5) is 21.1. The third kappa shape index (κ3) is 4.15. The minimum absolute atomic E-state index is 0.150. The molecule has 1 rings (SSSR count). The molecule has 5 N–H and O–H groups in total. The van der Waals surface area contributed by atoms with Crippen LogP contribution in [-0.4, -0.2) is 50.3 Å². The summed E-state index contributed by atoms with van der Waals surface area (Å²) in [6, 6.07) is 3.17. The number of sulfonamides is 1. The van der Waals surface area contributed by atoms with Gasteiger partial charge in [0.25, 0.3) is 0 Å². The number of aliphatic hydroxyl groups excluding tert-OH is 1. The van der Waals surface area contributed by atoms with Crippen LogP contribution < -0.4 is 15.2 Å². The van der Waals surface area contributed by atoms with Gasteiger partial charge in [-0.3, -0.25) is 4.79 Å². The Balaban J connectivity index is 3.08. The fourth-order valence-corrected chi connectivity index (χ4v) is 2.58. The molecule has 1 aromatic rings. The Morgan fingerprint density at radius 3 is 2.52 bits per heavy atom. The smallest absolute Gasteiger partial charge is 0.335 e. The normalized spacial score (nSPS) is 12.7. The van der Waals surface area contributed by atoms with Crippen molar-refractivity contribution in [3.05, 3.63) is 23.8 Å². The molecule has 1 amide bonds. The number of aromatic carboxylic acids is 1. The number of primary amides is 1. The van der Waals surface area contributed by atoms with E-state index >= 15 is 0 Å². The number of carboxylic acids is 1. The van der Waals surface area contributed by atoms with Crippen molar-refractivity contribution < 1.29 is 33.0 Å². The van der Waals surface area contributed by atoms with Crippen LogP contribution in [0.1, 0.15) is 10.4 Å². The third-order valence-electron chi connectivity index (χ3n) is 2.50. The van der Waals surface area contributed by atoms with Crippen LogP contribution in [0.15, 0.2) is 23.1 Å². The largest absolute Gasteiger partial charge is 0.495 e. The van der Waals surface area contributed by atoms with E-state index in [1.807, 2.05) is 4.72 Å². The zero-order valence-corrected chi connectivity index (χ0v) is 11.8. The maximum absolute atomic E-state index is 12.0. The van der Waals surface area contributed by atoms with E-state index in [4.69, 9.17) is 20.7 Å². The molecule has 0 saturated heterocycles. The van der Waals surface area contributed by atoms with Crippen molar-refractivity contribution >= 4 is 21.9 Å². The number of benzene rings is 1. The van der Waals surface area contributed by atoms with Crippen molar-refractivity contribution in [3.8, 4) is 5.75 Å². The lowest BCUT2D eigenvalue weighted by atomic mass is 10.2. The van der Waals surface area contributed by atoms with Crippen LogP contribution in [0.3, 0.4) is 0 Å². The minimum Gasteiger partial charge on any atom is -0.495 e. The summed E-state index contributed by atoms with van der Waals surface area (Å²) in [5.74, 6) is -2.50. The standard InChI is InChI=1S/C11H14N2O7S/c1-20-8-4-6(11(16)17)2-3-9(8)21(18,19)13-5-7(14)10(12)15/h2-4,7,13-14H,5H2,1H3,(H2,12,15)(H,16,17). The van der Waals surface area contributed by atoms with Crippen molar-refractivity contribution in [2.75, 3.05) is 13.7 Å². The van der Waals surface area contributed by atoms with Crippen LogP contribution in [0, 0.1) is 0 Å². The molecule has 0 aromatic heterocycles. The lowest BCUT2D eigenvalue weighted by Crippen LogP contribution is -2.40. The number of hydrogen-bond donors (Lipinski definition) is 4. The average Bonchev–Trinajstić information content (AvgIpc) is 2.43. The lowest BCUT2D eigenvalue weighted by molar-refractivity contribution is -0.125. The van der Waals surface area contributed by atoms with Gasteiger partial charge in [0.1, 0.15) is 16.7 Å². The Hall–Kier alpha value is -2.17. The van der Waals surface area contributed by atoms with Gasteiger partial charge in [-0.05, 0) is 18.2 Å². The van der Waals surface area contributed by atoms with E-state index in [9.17, 15) is 18.0 Å². The fraction of sp³-hybridized carbons (Fsp3) is 0.273. The molecule has 0 saturated carbocycles. The lowest BCUT2D eigenvalue weighted by Gasteiger charge is -2.12. The molecule has 1 aromatic carbocycles. The first-order valence-corrected chi connectivity index (χ1v) is 7.05. The van der Waals surface area contributed by atoms with Crippen LogP contribution in [0.4, 0.5) is 0 Å². The summed E-state index contributed by atoms with van der Waals surface area (Å²) in [5, 5.41) is 18.0. The Bertz CT molecular complexity index is 657. The Labute approximate surface area is 120 Å². The zero-order chi connectivity index (χ0) is 16.2. The summed E-state index contributed by atoms with van der Waals surface area (Å²) >= 11 is 0. The highest BCUT2D eigenvalue weighted by Crippen LogP contribution is 2.24. The van der Waals surface area contributed by atoms with Crippen LogP contribution in [0.25, 0.3) is 0 Å². The first-order chi connectivity index (χ1) is 9.69. The van der Waals surface area contributed by atoms with Gasteiger partial charge in [-0.25, -0.2) is 17.9 Å². The van der Waals surface area contributed by atoms with Crippen LogP contribution in [-0.2, 0) is 14.8 Å². The first-order valence-electron chi connectivity index (χ1n) is 5.57. The second kappa shape index (κ2) is 6.52. The second-order valence-electron chi connectivity index (χ2n) is 3.94. The number of nitrogens with one attached hydrogen (secondary N) is 1. The average molecular weight is 318 g/mol. The van der Waals surface area contributed by atoms with Gasteiger partial charge in [0.05, 0.1) is 12.7 Å². The molecule has 0 bridgehead atoms. The number of ether oxygens (including phenoxy) is 1. The minimum atomic E-state index is -4.11. The maximum Gasteiger partial charge on any atom is 0.335 e. The van der Waals surface area contributed by atoms with E-state index < -0.39 is 34.5 Å². The van der Waals surface area contributed by atoms with Crippen LogP contribution in [0.2, 0.25) is 0 Å². The Kier molecular flexibility index (Phi) is 5.24. The highest BCUT2D eigenvalue weighted by Gasteiger charge is 2.23. The highest BCUT2D eigenvalue weighted by molar-refractivity contribution is 7.89. The topological polar surface area (TPSA) is 156 Å². The number of carboxylic acid groups (broad SMARTS) is 1. The highest BCUT2D eigenvalue weighted by atomic mass is 32.2. The number of rotatable bonds is 7. The number of carbonyl (C=O) groups is 2. The van der Waals surface area contributed by atoms with Gasteiger partial charge >= 0.3 is 5.97 Å². The summed E-state index contributed by atoms with van der Waals surface area (Å²) in [7, 11) is -2.93. The molecule has 0 heterocycles. The Morgan fingerprint density at radius 1 is 1.43 bits per heavy atom. The molecule has 0 radical (unpaired) electrons. The van der Waals surface area contributed by atoms with Gasteiger partial charge in [0, 0.05) is 6.54 Å². The zero-order valence-electron chi connectivity index (χ0n) is 10.9. The number of nitrogens with two attached hydrogens (primary N) is 1. The monoisotopic (exact) mass is 318 g/mol. The SMILES string of the molecule is COc1cc(C(=O)O)ccc1S(=O)(=O)NCC(O)C(N)=O. The predicted molar refractivity (Wildman–Crippen MR) is 70.3 cm³/mol. The van der Waals surface area contributed by atoms with E-state index in [0.717, 1.165) is 18.2 Å². The van der Waals surface area contributed by atoms with Gasteiger partial charge in [0.2, 0.25) is 15.9 Å². The van der Waals surface area contributed by atoms with Crippen molar-refractivity contribution in [2.45, 2.75) is 11.0 Å². The molecule has 0 aliphatic carbocycles. The maximum atomic E-state index is 12.0. The van der Waals surface area contributed by atoms with Crippen LogP contribution in [0.5, 0.6) is 5.75 Å². The molecular weight excluding hydrogens is 304 g/mol. The fourth-order valence-electron chi connectivity index (χ4n) is 1.39. The predicted octanol–water partition coefficient (Wildman–Crippen LogP) is -1.48. The first kappa shape index (κ1) is 16.9. The summed E-state index contributed by atoms with van der Waals surface area (Å²) in [5.41, 5.74) is 4.65. The molecule has 0 fully saturated rings. The number of carbonyl (C=O) groups excluding carboxylic acids is 1. The second-order valence-corrected chi connectivity index (χ2v) is 5.68. The van der Waals surface area contributed by atoms with Gasteiger partial charge in [0.15, 0.2) is 0 Å². The van der Waals surface area contributed by atoms with Crippen molar-refractivity contribution in [1.29, 1.82) is 0 Å². The summed E-state index contributed by atoms with van der Waals surface area (Å²) in [6.45, 7) is -0.610. The summed E-state index contributed by atoms with van der Waals surface area (Å²) < 4.78 is 30.9. The van der Waals surface area contributed by atoms with Crippen LogP contribution >= 0.6 is 0 Å². The number of aliphatic hydroxyl groups is 1. The van der Waals surface area contributed by atoms with Gasteiger partial charge < -0.3 is 20.7 Å². The molecule has 9 nitrogen and oxygen atoms in total. The van der Waals surface area contributed by atoms with E-state index in [-0.39, 0.29) is 16.2 Å². The molecule has 0 aliphatic rings. The number of methoxy groups -OCH3 is 1. The quantitative estimate of drug-likeness (QED) is 0.477. The number of amides is 1. The molecule has 21 heavy (non-hydrogen) atoms. The van der Waals surface area contributed by atoms with Gasteiger partial charge in [-0.2, -0.15) is 0 Å².